The second kappa shape index (κ2) is 6.22. The third kappa shape index (κ3) is 4.02. The topological polar surface area (TPSA) is 26.3 Å². The number of carbonyl (C=O) groups is 1. The molecule has 8 heteroatoms. The summed E-state index contributed by atoms with van der Waals surface area (Å²) in [5.41, 5.74) is -2.90. The Kier molecular flexibility index (Phi) is 5.92. The molecule has 0 saturated heterocycles. The molecule has 0 bridgehead atoms. The summed E-state index contributed by atoms with van der Waals surface area (Å²) in [4.78, 5) is 11.4. The van der Waals surface area contributed by atoms with E-state index in [1.54, 1.807) is 6.92 Å². The van der Waals surface area contributed by atoms with Gasteiger partial charge in [0.15, 0.2) is 5.60 Å². The molecule has 2 nitrogen and oxygen atoms in total. The van der Waals surface area contributed by atoms with Gasteiger partial charge in [0.25, 0.3) is 0 Å². The lowest BCUT2D eigenvalue weighted by Crippen LogP contribution is -2.58. The first-order valence-electron chi connectivity index (χ1n) is 6.05. The van der Waals surface area contributed by atoms with Crippen molar-refractivity contribution in [3.8, 4) is 0 Å². The van der Waals surface area contributed by atoms with Crippen LogP contribution in [0.3, 0.4) is 0 Å². The fourth-order valence-electron chi connectivity index (χ4n) is 1.35. The second-order valence-corrected chi connectivity index (χ2v) is 5.11. The van der Waals surface area contributed by atoms with Gasteiger partial charge in [0.1, 0.15) is 0 Å². The molecule has 120 valence electrons. The Bertz CT molecular complexity index is 341. The normalized spacial score (nSPS) is 15.3. The second-order valence-electron chi connectivity index (χ2n) is 5.11. The highest BCUT2D eigenvalue weighted by Gasteiger charge is 2.67. The van der Waals surface area contributed by atoms with Crippen LogP contribution in [0.15, 0.2) is 0 Å². The molecule has 0 N–H and O–H groups in total. The number of hydrogen-bond donors (Lipinski definition) is 0. The van der Waals surface area contributed by atoms with Gasteiger partial charge in [-0.25, -0.2) is 8.78 Å². The lowest BCUT2D eigenvalue weighted by molar-refractivity contribution is -0.295. The predicted octanol–water partition coefficient (Wildman–Crippen LogP) is 4.28. The van der Waals surface area contributed by atoms with E-state index in [2.05, 4.69) is 4.74 Å². The Morgan fingerprint density at radius 2 is 1.60 bits per heavy atom. The predicted molar refractivity (Wildman–Crippen MR) is 60.1 cm³/mol. The summed E-state index contributed by atoms with van der Waals surface area (Å²) in [5.74, 6) is -11.7. The van der Waals surface area contributed by atoms with E-state index >= 15 is 0 Å². The van der Waals surface area contributed by atoms with Gasteiger partial charge < -0.3 is 4.74 Å². The van der Waals surface area contributed by atoms with E-state index in [0.717, 1.165) is 0 Å². The highest BCUT2D eigenvalue weighted by Crippen LogP contribution is 2.47. The van der Waals surface area contributed by atoms with Crippen LogP contribution in [0, 0.1) is 5.92 Å². The highest BCUT2D eigenvalue weighted by atomic mass is 19.3. The van der Waals surface area contributed by atoms with Crippen LogP contribution >= 0.6 is 0 Å². The Morgan fingerprint density at radius 1 is 1.15 bits per heavy atom. The van der Waals surface area contributed by atoms with Crippen molar-refractivity contribution in [3.05, 3.63) is 0 Å². The summed E-state index contributed by atoms with van der Waals surface area (Å²) in [7, 11) is 0. The van der Waals surface area contributed by atoms with E-state index in [1.165, 1.54) is 6.92 Å². The van der Waals surface area contributed by atoms with Crippen molar-refractivity contribution in [1.29, 1.82) is 0 Å². The summed E-state index contributed by atoms with van der Waals surface area (Å²) >= 11 is 0. The number of halogens is 6. The minimum Gasteiger partial charge on any atom is -0.453 e. The van der Waals surface area contributed by atoms with Gasteiger partial charge in [0, 0.05) is 0 Å². The molecular formula is C12H18F6O2. The molecule has 1 unspecified atom stereocenters. The van der Waals surface area contributed by atoms with Gasteiger partial charge in [-0.15, -0.1) is 0 Å². The summed E-state index contributed by atoms with van der Waals surface area (Å²) < 4.78 is 82.3. The number of ether oxygens (including phenoxy) is 1. The summed E-state index contributed by atoms with van der Waals surface area (Å²) in [6.07, 6.45) is -5.63. The van der Waals surface area contributed by atoms with Gasteiger partial charge in [0.2, 0.25) is 6.43 Å². The van der Waals surface area contributed by atoms with Crippen LogP contribution in [-0.4, -0.2) is 29.8 Å². The van der Waals surface area contributed by atoms with Crippen LogP contribution in [0.4, 0.5) is 26.3 Å². The van der Waals surface area contributed by atoms with Gasteiger partial charge in [-0.1, -0.05) is 13.8 Å². The third-order valence-electron chi connectivity index (χ3n) is 3.00. The van der Waals surface area contributed by atoms with Crippen molar-refractivity contribution < 1.29 is 35.9 Å². The maximum Gasteiger partial charge on any atom is 0.348 e. The van der Waals surface area contributed by atoms with Crippen LogP contribution in [0.2, 0.25) is 0 Å². The SMILES string of the molecule is CCC(C)C(=O)OC(C)(C)C(F)(F)C(F)(F)CC(F)F. The number of alkyl halides is 6. The Morgan fingerprint density at radius 3 is 1.95 bits per heavy atom. The zero-order valence-corrected chi connectivity index (χ0v) is 11.7. The number of rotatable bonds is 7. The molecule has 0 fully saturated rings. The Balaban J connectivity index is 5.20. The molecule has 0 rings (SSSR count). The lowest BCUT2D eigenvalue weighted by Gasteiger charge is -2.38. The first-order chi connectivity index (χ1) is 8.78. The molecule has 0 saturated carbocycles. The zero-order chi connectivity index (χ0) is 16.4. The molecule has 0 aromatic carbocycles. The van der Waals surface area contributed by atoms with Crippen LogP contribution in [0.25, 0.3) is 0 Å². The molecular weight excluding hydrogens is 290 g/mol. The molecule has 20 heavy (non-hydrogen) atoms. The molecule has 0 amide bonds. The van der Waals surface area contributed by atoms with Gasteiger partial charge in [-0.2, -0.15) is 17.6 Å². The molecule has 1 atom stereocenters. The molecule has 0 aliphatic heterocycles. The number of carbonyl (C=O) groups excluding carboxylic acids is 1. The van der Waals surface area contributed by atoms with E-state index in [9.17, 15) is 31.1 Å². The highest BCUT2D eigenvalue weighted by molar-refractivity contribution is 5.72. The van der Waals surface area contributed by atoms with E-state index in [0.29, 0.717) is 13.8 Å². The molecule has 0 aromatic heterocycles. The largest absolute Gasteiger partial charge is 0.453 e. The maximum absolute atomic E-state index is 13.7. The number of esters is 1. The Hall–Kier alpha value is -0.950. The van der Waals surface area contributed by atoms with Gasteiger partial charge in [-0.3, -0.25) is 4.79 Å². The first-order valence-corrected chi connectivity index (χ1v) is 6.05. The Labute approximate surface area is 113 Å². The summed E-state index contributed by atoms with van der Waals surface area (Å²) in [6, 6.07) is 0. The minimum absolute atomic E-state index is 0.272. The smallest absolute Gasteiger partial charge is 0.348 e. The van der Waals surface area contributed by atoms with Crippen LogP contribution < -0.4 is 0 Å². The fraction of sp³-hybridized carbons (Fsp3) is 0.917. The van der Waals surface area contributed by atoms with E-state index in [-0.39, 0.29) is 6.42 Å². The van der Waals surface area contributed by atoms with Crippen molar-refractivity contribution >= 4 is 5.97 Å². The molecule has 0 radical (unpaired) electrons. The molecule has 0 heterocycles. The third-order valence-corrected chi connectivity index (χ3v) is 3.00. The van der Waals surface area contributed by atoms with Crippen molar-refractivity contribution in [1.82, 2.24) is 0 Å². The maximum atomic E-state index is 13.7. The average molecular weight is 308 g/mol. The van der Waals surface area contributed by atoms with Crippen molar-refractivity contribution in [2.24, 2.45) is 5.92 Å². The molecule has 0 aromatic rings. The molecule has 0 aliphatic rings. The molecule has 0 spiro atoms. The van der Waals surface area contributed by atoms with Crippen LogP contribution in [-0.2, 0) is 9.53 Å². The number of hydrogen-bond acceptors (Lipinski definition) is 2. The van der Waals surface area contributed by atoms with Crippen molar-refractivity contribution in [2.45, 2.75) is 64.4 Å². The minimum atomic E-state index is -4.99. The van der Waals surface area contributed by atoms with Gasteiger partial charge in [-0.05, 0) is 20.3 Å². The van der Waals surface area contributed by atoms with E-state index in [1.807, 2.05) is 0 Å². The molecule has 0 aliphatic carbocycles. The monoisotopic (exact) mass is 308 g/mol. The van der Waals surface area contributed by atoms with Crippen LogP contribution in [0.5, 0.6) is 0 Å². The lowest BCUT2D eigenvalue weighted by atomic mass is 9.92. The van der Waals surface area contributed by atoms with E-state index < -0.39 is 42.2 Å². The standard InChI is InChI=1S/C12H18F6O2/c1-5-7(2)9(19)20-10(3,4)12(17,18)11(15,16)6-8(13)14/h7-8H,5-6H2,1-4H3. The first kappa shape index (κ1) is 19.1. The quantitative estimate of drug-likeness (QED) is 0.518. The van der Waals surface area contributed by atoms with E-state index in [4.69, 9.17) is 0 Å². The summed E-state index contributed by atoms with van der Waals surface area (Å²) in [6.45, 7) is 4.12. The van der Waals surface area contributed by atoms with Gasteiger partial charge in [0.05, 0.1) is 12.3 Å². The van der Waals surface area contributed by atoms with Crippen molar-refractivity contribution in [2.75, 3.05) is 0 Å². The van der Waals surface area contributed by atoms with Crippen molar-refractivity contribution in [3.63, 3.8) is 0 Å². The van der Waals surface area contributed by atoms with Crippen LogP contribution in [0.1, 0.15) is 40.5 Å². The average Bonchev–Trinajstić information content (AvgIpc) is 2.24. The van der Waals surface area contributed by atoms with Gasteiger partial charge >= 0.3 is 17.8 Å². The fourth-order valence-corrected chi connectivity index (χ4v) is 1.35. The summed E-state index contributed by atoms with van der Waals surface area (Å²) in [5, 5.41) is 0. The zero-order valence-electron chi connectivity index (χ0n) is 11.7.